The summed E-state index contributed by atoms with van der Waals surface area (Å²) < 4.78 is 2.56. The molecular weight excluding hydrogens is 899 g/mol. The van der Waals surface area contributed by atoms with Gasteiger partial charge >= 0.3 is 0 Å². The van der Waals surface area contributed by atoms with Crippen LogP contribution in [0.1, 0.15) is 22.3 Å². The van der Waals surface area contributed by atoms with E-state index in [4.69, 9.17) is 0 Å². The summed E-state index contributed by atoms with van der Waals surface area (Å²) in [6.45, 7) is 0. The van der Waals surface area contributed by atoms with Crippen LogP contribution in [0, 0.1) is 0 Å². The van der Waals surface area contributed by atoms with Crippen molar-refractivity contribution in [3.05, 3.63) is 307 Å². The fourth-order valence-corrected chi connectivity index (χ4v) is 13.0. The third-order valence-electron chi connectivity index (χ3n) is 15.2. The van der Waals surface area contributed by atoms with Crippen molar-refractivity contribution < 1.29 is 0 Å². The summed E-state index contributed by atoms with van der Waals surface area (Å²) in [7, 11) is 0. The number of fused-ring (bicyclic) bond motifs is 7. The second-order valence-electron chi connectivity index (χ2n) is 19.2. The van der Waals surface area contributed by atoms with Crippen LogP contribution in [0.3, 0.4) is 0 Å². The summed E-state index contributed by atoms with van der Waals surface area (Å²) in [6.07, 6.45) is 0. The molecule has 0 radical (unpaired) electrons. The van der Waals surface area contributed by atoms with Crippen molar-refractivity contribution in [1.82, 2.24) is 0 Å². The summed E-state index contributed by atoms with van der Waals surface area (Å²) >= 11 is 1.88. The molecule has 0 unspecified atom stereocenters. The summed E-state index contributed by atoms with van der Waals surface area (Å²) in [4.78, 5) is 2.46. The number of anilines is 3. The van der Waals surface area contributed by atoms with Crippen LogP contribution in [0.5, 0.6) is 0 Å². The van der Waals surface area contributed by atoms with E-state index >= 15 is 0 Å². The van der Waals surface area contributed by atoms with E-state index in [2.05, 4.69) is 290 Å². The van der Waals surface area contributed by atoms with Gasteiger partial charge in [0.2, 0.25) is 0 Å². The number of benzene rings is 12. The maximum Gasteiger partial charge on any atom is 0.0713 e. The van der Waals surface area contributed by atoms with Crippen LogP contribution < -0.4 is 4.90 Å². The van der Waals surface area contributed by atoms with Gasteiger partial charge in [-0.2, -0.15) is 0 Å². The molecule has 0 bridgehead atoms. The van der Waals surface area contributed by atoms with E-state index in [0.717, 1.165) is 17.1 Å². The molecule has 1 aliphatic rings. The van der Waals surface area contributed by atoms with Crippen LogP contribution >= 0.6 is 11.3 Å². The molecule has 1 aliphatic carbocycles. The van der Waals surface area contributed by atoms with Crippen LogP contribution in [0.15, 0.2) is 285 Å². The highest BCUT2D eigenvalue weighted by Gasteiger charge is 2.46. The number of thiophene rings is 1. The highest BCUT2D eigenvalue weighted by molar-refractivity contribution is 7.26. The van der Waals surface area contributed by atoms with Gasteiger partial charge in [-0.1, -0.05) is 231 Å². The smallest absolute Gasteiger partial charge is 0.0713 e. The predicted octanol–water partition coefficient (Wildman–Crippen LogP) is 19.7. The molecule has 73 heavy (non-hydrogen) atoms. The van der Waals surface area contributed by atoms with Crippen LogP contribution in [0.2, 0.25) is 0 Å². The molecule has 12 aromatic carbocycles. The zero-order valence-corrected chi connectivity index (χ0v) is 40.8. The van der Waals surface area contributed by atoms with E-state index in [0.29, 0.717) is 0 Å². The average molecular weight is 946 g/mol. The Bertz CT molecular complexity index is 4130. The van der Waals surface area contributed by atoms with Gasteiger partial charge in [-0.25, -0.2) is 0 Å². The highest BCUT2D eigenvalue weighted by atomic mass is 32.1. The first-order valence-corrected chi connectivity index (χ1v) is 26.0. The quantitative estimate of drug-likeness (QED) is 0.139. The molecule has 342 valence electrons. The van der Waals surface area contributed by atoms with Crippen molar-refractivity contribution in [2.75, 3.05) is 4.90 Å². The van der Waals surface area contributed by atoms with E-state index in [9.17, 15) is 0 Å². The van der Waals surface area contributed by atoms with Crippen LogP contribution in [-0.4, -0.2) is 0 Å². The molecule has 0 aliphatic heterocycles. The standard InChI is InChI=1S/C71H47NS/c1-4-18-51(19-5-1)61-43-44-67(69-64-28-13-15-30-68(64)73-70(61)69)72(59-38-33-49(34-39-59)53-21-16-22-54(45-53)55-32-31-48-17-10-11-20-52(48)46-55)60-40-35-50(36-41-60)56-37-42-63-62-27-12-14-29-65(62)71(66(63)47-56,57-23-6-2-7-24-57)58-25-8-3-9-26-58/h1-47H. The average Bonchev–Trinajstić information content (AvgIpc) is 4.01. The van der Waals surface area contributed by atoms with Gasteiger partial charge in [-0.15, -0.1) is 11.3 Å². The van der Waals surface area contributed by atoms with Crippen LogP contribution in [0.25, 0.3) is 86.6 Å². The number of hydrogen-bond donors (Lipinski definition) is 0. The maximum atomic E-state index is 2.46. The Kier molecular flexibility index (Phi) is 10.3. The molecule has 2 heteroatoms. The van der Waals surface area contributed by atoms with Crippen LogP contribution in [-0.2, 0) is 5.41 Å². The second-order valence-corrected chi connectivity index (χ2v) is 20.2. The lowest BCUT2D eigenvalue weighted by molar-refractivity contribution is 0.769. The molecule has 0 atom stereocenters. The molecule has 1 heterocycles. The molecule has 1 aromatic heterocycles. The minimum absolute atomic E-state index is 0.467. The first-order chi connectivity index (χ1) is 36.2. The third kappa shape index (κ3) is 7.13. The van der Waals surface area contributed by atoms with Crippen LogP contribution in [0.4, 0.5) is 17.1 Å². The molecule has 1 nitrogen and oxygen atoms in total. The van der Waals surface area contributed by atoms with Crippen molar-refractivity contribution in [3.63, 3.8) is 0 Å². The minimum Gasteiger partial charge on any atom is -0.310 e. The zero-order valence-electron chi connectivity index (χ0n) is 40.0. The SMILES string of the molecule is c1ccc(-c2ccc(N(c3ccc(-c4cccc(-c5ccc6ccccc6c5)c4)cc3)c3ccc(-c4ccc5c(c4)C(c4ccccc4)(c4ccccc4)c4ccccc4-5)cc3)c3c2sc2ccccc23)cc1. The van der Waals surface area contributed by atoms with Crippen molar-refractivity contribution in [1.29, 1.82) is 0 Å². The number of hydrogen-bond acceptors (Lipinski definition) is 2. The first-order valence-electron chi connectivity index (χ1n) is 25.1. The van der Waals surface area contributed by atoms with Gasteiger partial charge in [0, 0.05) is 31.5 Å². The normalized spacial score (nSPS) is 12.5. The van der Waals surface area contributed by atoms with E-state index < -0.39 is 5.41 Å². The Morgan fingerprint density at radius 1 is 0.301 bits per heavy atom. The second kappa shape index (κ2) is 17.6. The molecule has 0 saturated carbocycles. The molecule has 0 fully saturated rings. The Hall–Kier alpha value is -9.08. The van der Waals surface area contributed by atoms with Crippen molar-refractivity contribution in [2.24, 2.45) is 0 Å². The molecule has 0 saturated heterocycles. The number of nitrogens with zero attached hydrogens (tertiary/aromatic N) is 1. The van der Waals surface area contributed by atoms with Gasteiger partial charge in [0.1, 0.15) is 0 Å². The summed E-state index contributed by atoms with van der Waals surface area (Å²) in [6, 6.07) is 105. The lowest BCUT2D eigenvalue weighted by Gasteiger charge is -2.34. The third-order valence-corrected chi connectivity index (χ3v) is 16.4. The van der Waals surface area contributed by atoms with Crippen molar-refractivity contribution in [2.45, 2.75) is 5.41 Å². The number of rotatable bonds is 9. The topological polar surface area (TPSA) is 3.24 Å². The van der Waals surface area contributed by atoms with Gasteiger partial charge in [0.25, 0.3) is 0 Å². The lowest BCUT2D eigenvalue weighted by atomic mass is 9.67. The van der Waals surface area contributed by atoms with Crippen molar-refractivity contribution >= 4 is 59.3 Å². The monoisotopic (exact) mass is 945 g/mol. The van der Waals surface area contributed by atoms with E-state index in [1.807, 2.05) is 11.3 Å². The fraction of sp³-hybridized carbons (Fsp3) is 0.0141. The maximum absolute atomic E-state index is 2.46. The molecule has 14 rings (SSSR count). The summed E-state index contributed by atoms with van der Waals surface area (Å²) in [5.74, 6) is 0. The van der Waals surface area contributed by atoms with Gasteiger partial charge in [0.05, 0.1) is 11.1 Å². The molecule has 0 amide bonds. The summed E-state index contributed by atoms with van der Waals surface area (Å²) in [5.41, 5.74) is 20.2. The predicted molar refractivity (Wildman–Crippen MR) is 311 cm³/mol. The molecular formula is C71H47NS. The minimum atomic E-state index is -0.467. The molecule has 13 aromatic rings. The van der Waals surface area contributed by atoms with E-state index in [1.165, 1.54) is 109 Å². The Morgan fingerprint density at radius 3 is 1.52 bits per heavy atom. The van der Waals surface area contributed by atoms with E-state index in [-0.39, 0.29) is 0 Å². The van der Waals surface area contributed by atoms with Gasteiger partial charge in [-0.3, -0.25) is 0 Å². The Labute approximate surface area is 430 Å². The van der Waals surface area contributed by atoms with E-state index in [1.54, 1.807) is 0 Å². The first kappa shape index (κ1) is 42.8. The Balaban J connectivity index is 0.904. The summed E-state index contributed by atoms with van der Waals surface area (Å²) in [5, 5.41) is 5.02. The van der Waals surface area contributed by atoms with Crippen molar-refractivity contribution in [3.8, 4) is 55.6 Å². The zero-order chi connectivity index (χ0) is 48.3. The van der Waals surface area contributed by atoms with Gasteiger partial charge in [0.15, 0.2) is 0 Å². The fourth-order valence-electron chi connectivity index (χ4n) is 11.7. The largest absolute Gasteiger partial charge is 0.310 e. The highest BCUT2D eigenvalue weighted by Crippen LogP contribution is 2.57. The van der Waals surface area contributed by atoms with Gasteiger partial charge in [-0.05, 0) is 143 Å². The molecule has 0 spiro atoms. The lowest BCUT2D eigenvalue weighted by Crippen LogP contribution is -2.28. The van der Waals surface area contributed by atoms with Gasteiger partial charge < -0.3 is 4.90 Å². The molecule has 0 N–H and O–H groups in total. The Morgan fingerprint density at radius 2 is 0.808 bits per heavy atom.